The minimum Gasteiger partial charge on any atom is -1.00 e. The van der Waals surface area contributed by atoms with E-state index >= 15 is 0 Å². The van der Waals surface area contributed by atoms with Crippen molar-refractivity contribution in [3.8, 4) is 0 Å². The fourth-order valence-electron chi connectivity index (χ4n) is 12.2. The van der Waals surface area contributed by atoms with Crippen LogP contribution in [0.15, 0.2) is 170 Å². The van der Waals surface area contributed by atoms with Gasteiger partial charge in [-0.2, -0.15) is 0 Å². The molecule has 6 aromatic carbocycles. The number of alkyl halides is 2. The van der Waals surface area contributed by atoms with E-state index in [2.05, 4.69) is 67.4 Å². The van der Waals surface area contributed by atoms with E-state index in [0.717, 1.165) is 129 Å². The number of benzene rings is 6. The second-order valence-electron chi connectivity index (χ2n) is 24.4. The number of esters is 1. The molecule has 2 aliphatic heterocycles. The van der Waals surface area contributed by atoms with Gasteiger partial charge < -0.3 is 85.5 Å². The van der Waals surface area contributed by atoms with Gasteiger partial charge in [0.25, 0.3) is 11.4 Å². The second-order valence-corrected chi connectivity index (χ2v) is 24.6. The third-order valence-electron chi connectivity index (χ3n) is 16.8. The molecule has 2 saturated heterocycles. The van der Waals surface area contributed by atoms with Crippen LogP contribution in [0, 0.1) is 20.2 Å². The average Bonchev–Trinajstić information content (AvgIpc) is 0.842. The topological polar surface area (TPSA) is 224 Å². The van der Waals surface area contributed by atoms with Gasteiger partial charge in [0.1, 0.15) is 65.6 Å². The van der Waals surface area contributed by atoms with Crippen LogP contribution in [0.2, 0.25) is 0 Å². The predicted molar refractivity (Wildman–Crippen MR) is 357 cm³/mol. The van der Waals surface area contributed by atoms with Crippen LogP contribution in [0.3, 0.4) is 0 Å². The van der Waals surface area contributed by atoms with Crippen LogP contribution in [-0.4, -0.2) is 152 Å². The second kappa shape index (κ2) is 48.4. The number of carboxylic acids is 1. The monoisotopic (exact) mass is 1510 g/mol. The molecule has 2 aliphatic rings. The van der Waals surface area contributed by atoms with Crippen LogP contribution in [0.25, 0.3) is 0 Å². The minimum atomic E-state index is -1.00. The fraction of sp³-hybridized carbons (Fsp3) is 0.444. The Morgan fingerprint density at radius 2 is 0.825 bits per heavy atom. The number of carbonyl (C=O) groups excluding carboxylic acids is 4. The summed E-state index contributed by atoms with van der Waals surface area (Å²) in [5.41, 5.74) is 7.21. The third-order valence-corrected chi connectivity index (χ3v) is 16.9. The number of hydrogen-bond donors (Lipinski definition) is 0. The number of nitrogens with zero attached hydrogens (tertiary/aromatic N) is 6. The summed E-state index contributed by atoms with van der Waals surface area (Å²) in [4.78, 5) is 67.5. The van der Waals surface area contributed by atoms with Crippen molar-refractivity contribution in [2.75, 3.05) is 99.7 Å². The number of likely N-dealkylation sites (tertiary alicyclic amines) is 2. The van der Waals surface area contributed by atoms with Crippen molar-refractivity contribution in [1.29, 1.82) is 0 Å². The molecule has 0 saturated carbocycles. The van der Waals surface area contributed by atoms with Gasteiger partial charge in [0.2, 0.25) is 6.79 Å². The van der Waals surface area contributed by atoms with Gasteiger partial charge in [-0.3, -0.25) is 29.4 Å². The first kappa shape index (κ1) is 86.7. The summed E-state index contributed by atoms with van der Waals surface area (Å²) < 4.78 is 43.8. The van der Waals surface area contributed by atoms with Gasteiger partial charge in [-0.15, -0.1) is 0 Å². The molecule has 0 amide bonds. The van der Waals surface area contributed by atoms with Gasteiger partial charge in [0.05, 0.1) is 78.2 Å². The molecule has 0 aliphatic carbocycles. The van der Waals surface area contributed by atoms with E-state index in [1.807, 2.05) is 97.1 Å². The molecule has 97 heavy (non-hydrogen) atoms. The molecule has 526 valence electrons. The van der Waals surface area contributed by atoms with Gasteiger partial charge in [0, 0.05) is 76.5 Å². The molecule has 0 bridgehead atoms. The number of nitro benzene ring substituents is 2. The molecular weight excluding hydrogens is 1410 g/mol. The van der Waals surface area contributed by atoms with Gasteiger partial charge in [0.15, 0.2) is 6.07 Å². The molecule has 0 aromatic heterocycles. The molecule has 25 heteroatoms. The number of non-ortho nitro benzene ring substituents is 2. The number of carbonyl (C=O) groups is 4. The first-order valence-corrected chi connectivity index (χ1v) is 32.2. The number of nitro groups is 2. The number of carboxylic acid groups (broad SMARTS) is 1. The number of halogens is 4. The van der Waals surface area contributed by atoms with Crippen molar-refractivity contribution in [1.82, 2.24) is 0 Å². The molecule has 2 fully saturated rings. The summed E-state index contributed by atoms with van der Waals surface area (Å²) in [6.07, 6.45) is 6.92. The Bertz CT molecular complexity index is 3110. The van der Waals surface area contributed by atoms with Gasteiger partial charge >= 0.3 is 47.8 Å². The standard InChI is InChI=1S/C35H45N3O7.C19H23ClNO3.C16H22N2O4.CH3F.CH4.2BrH.Na/c1-37(26-30-12-5-2-6-13-30,27-31-14-7-3-8-15-31)24-25-43-35(40)45-29-44-34(39)16-11-23-38(21-9-4-10-22-38)28-32-17-19-33(20-18-32)36(41)42;1-21(12-13-23-19(22)24-16-20,14-17-8-4-2-5-9-17)15-18-10-6-3-7-11-18;19-16(20)5-4-12-18(10-2-1-3-11-18)13-14-6-8-15(9-7-14)17(21)22;1-2;;;;/h2-3,5-8,12-15,17-20H,4,9-11,16,21-29H2,1H3;2-11H,12-16H2,1H3;6-9H,1-5,10-13H2;1H3;1H4;2*1H;/q+2;+1;;;;;;+1/p-2/i;;;1D;;;;. The molecule has 0 radical (unpaired) electrons. The maximum Gasteiger partial charge on any atom is 1.00 e. The normalized spacial score (nSPS) is 13.5. The number of likely N-dealkylation sites (N-methyl/N-ethyl adjacent to an activating group) is 2. The summed E-state index contributed by atoms with van der Waals surface area (Å²) >= 11 is 5.35. The predicted octanol–water partition coefficient (Wildman–Crippen LogP) is 4.42. The molecule has 6 aromatic rings. The SMILES string of the molecule is C.C[N+](CCOC(=O)OCCl)(Cc1ccccc1)Cc1ccccc1.C[N+](CCOC(=O)OCOC(=O)CCC[N+]1(Cc2ccc([N+](=O)[O-])cc2)CCCCC1)(Cc1ccccc1)Cc1ccccc1.O=C([O-])CCC[N+]1(Cc2ccc([N+](=O)[O-])cc2)CCCCC1.[2H]CF.[Br-].[Br-].[Na+]. The van der Waals surface area contributed by atoms with Crippen LogP contribution < -0.4 is 68.6 Å². The molecule has 20 nitrogen and oxygen atoms in total. The summed E-state index contributed by atoms with van der Waals surface area (Å²) in [5.74, 6) is -1.42. The zero-order valence-corrected chi connectivity index (χ0v) is 61.5. The van der Waals surface area contributed by atoms with Gasteiger partial charge in [-0.1, -0.05) is 140 Å². The molecule has 0 spiro atoms. The quantitative estimate of drug-likeness (QED) is 0.00860. The largest absolute Gasteiger partial charge is 1.00 e. The van der Waals surface area contributed by atoms with Crippen molar-refractivity contribution >= 4 is 47.2 Å². The maximum atomic E-state index is 12.4. The Labute approximate surface area is 621 Å². The van der Waals surface area contributed by atoms with Crippen LogP contribution in [0.4, 0.5) is 25.4 Å². The number of ether oxygens (including phenoxy) is 5. The summed E-state index contributed by atoms with van der Waals surface area (Å²) in [5, 5.41) is 32.3. The van der Waals surface area contributed by atoms with E-state index in [9.17, 15) is 48.9 Å². The van der Waals surface area contributed by atoms with Crippen LogP contribution in [-0.2, 0) is 72.5 Å². The first-order valence-electron chi connectivity index (χ1n) is 32.3. The zero-order valence-electron chi connectivity index (χ0n) is 56.6. The molecule has 0 unspecified atom stereocenters. The van der Waals surface area contributed by atoms with Gasteiger partial charge in [-0.05, 0) is 69.2 Å². The Morgan fingerprint density at radius 1 is 0.505 bits per heavy atom. The smallest absolute Gasteiger partial charge is 1.00 e. The van der Waals surface area contributed by atoms with Crippen LogP contribution >= 0.6 is 11.6 Å². The maximum absolute atomic E-state index is 12.4. The van der Waals surface area contributed by atoms with E-state index < -0.39 is 43.1 Å². The van der Waals surface area contributed by atoms with E-state index in [0.29, 0.717) is 30.4 Å². The molecule has 2 heterocycles. The van der Waals surface area contributed by atoms with E-state index in [-0.39, 0.29) is 119 Å². The third kappa shape index (κ3) is 34.8. The summed E-state index contributed by atoms with van der Waals surface area (Å²) in [6.45, 7) is 11.8. The Balaban J connectivity index is 0.000000768. The number of aliphatic carboxylic acids is 1. The fourth-order valence-corrected chi connectivity index (χ4v) is 12.3. The number of quaternary nitrogens is 4. The van der Waals surface area contributed by atoms with E-state index in [1.165, 1.54) is 47.2 Å². The summed E-state index contributed by atoms with van der Waals surface area (Å²) in [6, 6.07) is 54.3. The van der Waals surface area contributed by atoms with Crippen molar-refractivity contribution in [2.24, 2.45) is 0 Å². The molecular formula is C72H97Br2ClFN6NaO14+2. The number of rotatable bonds is 31. The molecule has 8 rings (SSSR count). The van der Waals surface area contributed by atoms with Crippen molar-refractivity contribution in [3.63, 3.8) is 0 Å². The first-order chi connectivity index (χ1) is 45.3. The van der Waals surface area contributed by atoms with Crippen molar-refractivity contribution in [3.05, 3.63) is 223 Å². The molecule has 0 N–H and O–H groups in total. The average molecular weight is 1510 g/mol. The van der Waals surface area contributed by atoms with Crippen molar-refractivity contribution in [2.45, 2.75) is 111 Å². The van der Waals surface area contributed by atoms with Crippen LogP contribution in [0.5, 0.6) is 0 Å². The number of hydrogen-bond acceptors (Lipinski definition) is 14. The minimum absolute atomic E-state index is 0. The Morgan fingerprint density at radius 3 is 1.13 bits per heavy atom. The zero-order chi connectivity index (χ0) is 67.9. The van der Waals surface area contributed by atoms with Gasteiger partial charge in [-0.25, -0.2) is 9.59 Å². The molecule has 0 atom stereocenters. The van der Waals surface area contributed by atoms with E-state index in [1.54, 1.807) is 12.1 Å². The van der Waals surface area contributed by atoms with Crippen LogP contribution in [0.1, 0.15) is 106 Å². The summed E-state index contributed by atoms with van der Waals surface area (Å²) in [7, 11) is 3.30. The van der Waals surface area contributed by atoms with Crippen molar-refractivity contribution < 1.29 is 145 Å². The van der Waals surface area contributed by atoms with E-state index in [4.69, 9.17) is 31.9 Å². The number of piperidine rings is 2. The Hall–Kier alpha value is -6.38. The Kier molecular flexibility index (Phi) is 43.2.